The van der Waals surface area contributed by atoms with Crippen LogP contribution in [-0.2, 0) is 6.42 Å². The average molecular weight is 259 g/mol. The molecule has 1 heterocycles. The van der Waals surface area contributed by atoms with Crippen LogP contribution in [0.5, 0.6) is 0 Å². The van der Waals surface area contributed by atoms with Gasteiger partial charge in [0.25, 0.3) is 0 Å². The minimum Gasteiger partial charge on any atom is -0.454 e. The normalized spacial score (nSPS) is 14.5. The topological polar surface area (TPSA) is 33.4 Å². The molecule has 74 valence electrons. The molecule has 0 unspecified atom stereocenters. The lowest BCUT2D eigenvalue weighted by Crippen LogP contribution is -2.30. The highest BCUT2D eigenvalue weighted by atomic mass is 79.9. The summed E-state index contributed by atoms with van der Waals surface area (Å²) >= 11 is 2.94. The first-order valence-electron chi connectivity index (χ1n) is 3.38. The number of alkyl halides is 3. The average Bonchev–Trinajstić information content (AvgIpc) is 2.33. The van der Waals surface area contributed by atoms with E-state index < -0.39 is 18.7 Å². The van der Waals surface area contributed by atoms with Gasteiger partial charge in [-0.1, -0.05) is 0 Å². The molecule has 0 saturated heterocycles. The second kappa shape index (κ2) is 3.71. The fourth-order valence-corrected chi connectivity index (χ4v) is 1.11. The number of hydrogen-bond donors (Lipinski definition) is 1. The minimum atomic E-state index is -4.60. The van der Waals surface area contributed by atoms with Crippen LogP contribution in [0, 0.1) is 0 Å². The van der Waals surface area contributed by atoms with Crippen molar-refractivity contribution in [3.05, 3.63) is 22.6 Å². The minimum absolute atomic E-state index is 0.0942. The maximum atomic E-state index is 11.8. The smallest absolute Gasteiger partial charge is 0.414 e. The molecule has 0 aromatic carbocycles. The second-order valence-corrected chi connectivity index (χ2v) is 3.25. The Bertz CT molecular complexity index is 282. The number of furan rings is 1. The van der Waals surface area contributed by atoms with E-state index in [-0.39, 0.29) is 5.76 Å². The summed E-state index contributed by atoms with van der Waals surface area (Å²) in [4.78, 5) is 0. The highest BCUT2D eigenvalue weighted by molar-refractivity contribution is 9.10. The molecule has 0 bridgehead atoms. The maximum Gasteiger partial charge on any atom is 0.414 e. The van der Waals surface area contributed by atoms with Gasteiger partial charge in [-0.2, -0.15) is 13.2 Å². The molecule has 0 fully saturated rings. The zero-order chi connectivity index (χ0) is 10.1. The summed E-state index contributed by atoms with van der Waals surface area (Å²) < 4.78 is 40.7. The Kier molecular flexibility index (Phi) is 3.02. The predicted molar refractivity (Wildman–Crippen MR) is 42.2 cm³/mol. The summed E-state index contributed by atoms with van der Waals surface area (Å²) in [6, 6.07) is 2.84. The third-order valence-electron chi connectivity index (χ3n) is 1.40. The van der Waals surface area contributed by atoms with Gasteiger partial charge in [0.15, 0.2) is 10.8 Å². The summed E-state index contributed by atoms with van der Waals surface area (Å²) in [6.45, 7) is 0. The molecule has 1 N–H and O–H groups in total. The van der Waals surface area contributed by atoms with Crippen LogP contribution in [0.1, 0.15) is 5.76 Å². The van der Waals surface area contributed by atoms with Crippen LogP contribution in [0.2, 0.25) is 0 Å². The largest absolute Gasteiger partial charge is 0.454 e. The molecule has 6 heteroatoms. The molecule has 0 spiro atoms. The van der Waals surface area contributed by atoms with Crippen molar-refractivity contribution >= 4 is 15.9 Å². The van der Waals surface area contributed by atoms with E-state index in [1.807, 2.05) is 0 Å². The van der Waals surface area contributed by atoms with Crippen LogP contribution in [0.15, 0.2) is 21.2 Å². The molecule has 2 nitrogen and oxygen atoms in total. The van der Waals surface area contributed by atoms with Crippen LogP contribution < -0.4 is 0 Å². The lowest BCUT2D eigenvalue weighted by atomic mass is 10.2. The second-order valence-electron chi connectivity index (χ2n) is 2.47. The van der Waals surface area contributed by atoms with E-state index in [1.165, 1.54) is 12.1 Å². The van der Waals surface area contributed by atoms with Crippen molar-refractivity contribution in [2.75, 3.05) is 0 Å². The van der Waals surface area contributed by atoms with Crippen molar-refractivity contribution in [2.45, 2.75) is 18.7 Å². The van der Waals surface area contributed by atoms with E-state index in [1.54, 1.807) is 0 Å². The van der Waals surface area contributed by atoms with Crippen molar-refractivity contribution < 1.29 is 22.7 Å². The molecule has 0 radical (unpaired) electrons. The zero-order valence-corrected chi connectivity index (χ0v) is 7.89. The van der Waals surface area contributed by atoms with E-state index in [0.717, 1.165) is 0 Å². The predicted octanol–water partition coefficient (Wildman–Crippen LogP) is 2.51. The highest BCUT2D eigenvalue weighted by Gasteiger charge is 2.38. The quantitative estimate of drug-likeness (QED) is 0.885. The van der Waals surface area contributed by atoms with Crippen LogP contribution in [0.4, 0.5) is 13.2 Å². The van der Waals surface area contributed by atoms with E-state index >= 15 is 0 Å². The van der Waals surface area contributed by atoms with Crippen LogP contribution in [-0.4, -0.2) is 17.4 Å². The summed E-state index contributed by atoms with van der Waals surface area (Å²) in [5.41, 5.74) is 0. The molecule has 13 heavy (non-hydrogen) atoms. The summed E-state index contributed by atoms with van der Waals surface area (Å²) in [7, 11) is 0. The summed E-state index contributed by atoms with van der Waals surface area (Å²) in [5, 5.41) is 8.65. The lowest BCUT2D eigenvalue weighted by Gasteiger charge is -2.12. The first kappa shape index (κ1) is 10.6. The fourth-order valence-electron chi connectivity index (χ4n) is 0.768. The van der Waals surface area contributed by atoms with Crippen LogP contribution in [0.25, 0.3) is 0 Å². The summed E-state index contributed by atoms with van der Waals surface area (Å²) in [5.74, 6) is 0.0942. The Balaban J connectivity index is 2.60. The van der Waals surface area contributed by atoms with Gasteiger partial charge in [-0.3, -0.25) is 0 Å². The standard InChI is InChI=1S/C7H6BrF3O2/c8-6-2-1-4(13-6)3-5(12)7(9,10)11/h1-2,5,12H,3H2/t5-/m0/s1. The SMILES string of the molecule is O[C@@H](Cc1ccc(Br)o1)C(F)(F)F. The van der Waals surface area contributed by atoms with E-state index in [2.05, 4.69) is 15.9 Å². The maximum absolute atomic E-state index is 11.8. The van der Waals surface area contributed by atoms with Gasteiger partial charge >= 0.3 is 6.18 Å². The van der Waals surface area contributed by atoms with Crippen molar-refractivity contribution in [1.29, 1.82) is 0 Å². The number of halogens is 4. The number of hydrogen-bond acceptors (Lipinski definition) is 2. The Morgan fingerprint density at radius 3 is 2.46 bits per heavy atom. The molecule has 1 aromatic heterocycles. The molecule has 1 atom stereocenters. The molecule has 1 rings (SSSR count). The van der Waals surface area contributed by atoms with Crippen molar-refractivity contribution in [2.24, 2.45) is 0 Å². The monoisotopic (exact) mass is 258 g/mol. The number of aliphatic hydroxyl groups excluding tert-OH is 1. The van der Waals surface area contributed by atoms with E-state index in [0.29, 0.717) is 4.67 Å². The van der Waals surface area contributed by atoms with E-state index in [4.69, 9.17) is 9.52 Å². The van der Waals surface area contributed by atoms with Crippen LogP contribution in [0.3, 0.4) is 0 Å². The van der Waals surface area contributed by atoms with Gasteiger partial charge in [0, 0.05) is 6.42 Å². The van der Waals surface area contributed by atoms with Gasteiger partial charge in [-0.05, 0) is 28.1 Å². The van der Waals surface area contributed by atoms with Gasteiger partial charge in [-0.15, -0.1) is 0 Å². The van der Waals surface area contributed by atoms with Crippen molar-refractivity contribution in [3.63, 3.8) is 0 Å². The Hall–Kier alpha value is -0.490. The zero-order valence-electron chi connectivity index (χ0n) is 6.31. The number of rotatable bonds is 2. The van der Waals surface area contributed by atoms with Gasteiger partial charge in [-0.25, -0.2) is 0 Å². The third kappa shape index (κ3) is 3.04. The Labute approximate surface area is 80.5 Å². The Morgan fingerprint density at radius 2 is 2.08 bits per heavy atom. The van der Waals surface area contributed by atoms with Gasteiger partial charge in [0.1, 0.15) is 5.76 Å². The fraction of sp³-hybridized carbons (Fsp3) is 0.429. The molecule has 0 aliphatic carbocycles. The molecular formula is C7H6BrF3O2. The molecular weight excluding hydrogens is 253 g/mol. The molecule has 1 aromatic rings. The molecule has 0 aliphatic heterocycles. The van der Waals surface area contributed by atoms with Crippen LogP contribution >= 0.6 is 15.9 Å². The van der Waals surface area contributed by atoms with Crippen molar-refractivity contribution in [3.8, 4) is 0 Å². The van der Waals surface area contributed by atoms with Crippen molar-refractivity contribution in [1.82, 2.24) is 0 Å². The lowest BCUT2D eigenvalue weighted by molar-refractivity contribution is -0.203. The third-order valence-corrected chi connectivity index (χ3v) is 1.83. The first-order chi connectivity index (χ1) is 5.89. The van der Waals surface area contributed by atoms with Gasteiger partial charge in [0.05, 0.1) is 0 Å². The Morgan fingerprint density at radius 1 is 1.46 bits per heavy atom. The summed E-state index contributed by atoms with van der Waals surface area (Å²) in [6.07, 6.45) is -7.53. The molecule has 0 saturated carbocycles. The van der Waals surface area contributed by atoms with Gasteiger partial charge < -0.3 is 9.52 Å². The first-order valence-corrected chi connectivity index (χ1v) is 4.18. The van der Waals surface area contributed by atoms with E-state index in [9.17, 15) is 13.2 Å². The molecule has 0 amide bonds. The highest BCUT2D eigenvalue weighted by Crippen LogP contribution is 2.24. The molecule has 0 aliphatic rings. The van der Waals surface area contributed by atoms with Gasteiger partial charge in [0.2, 0.25) is 0 Å². The number of aliphatic hydroxyl groups is 1.